The van der Waals surface area contributed by atoms with Crippen molar-refractivity contribution in [3.63, 3.8) is 0 Å². The smallest absolute Gasteiger partial charge is 0.323 e. The third-order valence-corrected chi connectivity index (χ3v) is 9.81. The molecule has 2 aliphatic rings. The molecule has 0 saturated heterocycles. The first-order chi connectivity index (χ1) is 24.6. The van der Waals surface area contributed by atoms with E-state index >= 15 is 0 Å². The van der Waals surface area contributed by atoms with E-state index in [1.54, 1.807) is 24.3 Å². The number of allylic oxidation sites excluding steroid dienone is 4. The van der Waals surface area contributed by atoms with Gasteiger partial charge in [0.15, 0.2) is 0 Å². The number of aromatic hydroxyl groups is 2. The second kappa shape index (κ2) is 13.8. The van der Waals surface area contributed by atoms with Crippen molar-refractivity contribution in [2.75, 3.05) is 10.6 Å². The number of phenolic OH excluding ortho intramolecular Hbond substituents is 2. The number of hydrogen-bond donors (Lipinski definition) is 6. The van der Waals surface area contributed by atoms with Gasteiger partial charge in [-0.05, 0) is 84.6 Å². The molecule has 0 atom stereocenters. The van der Waals surface area contributed by atoms with E-state index in [-0.39, 0.29) is 58.0 Å². The first kappa shape index (κ1) is 35.6. The van der Waals surface area contributed by atoms with Crippen LogP contribution >= 0.6 is 0 Å². The largest absolute Gasteiger partial charge is 0.507 e. The summed E-state index contributed by atoms with van der Waals surface area (Å²) in [7, 11) is -9.58. The molecule has 17 heteroatoms. The van der Waals surface area contributed by atoms with E-state index in [1.807, 2.05) is 0 Å². The number of phenols is 2. The zero-order chi connectivity index (χ0) is 37.4. The van der Waals surface area contributed by atoms with Crippen molar-refractivity contribution >= 4 is 60.9 Å². The third kappa shape index (κ3) is 7.42. The number of aliphatic imine (C=N–C) groups is 2. The Morgan fingerprint density at radius 2 is 0.923 bits per heavy atom. The van der Waals surface area contributed by atoms with E-state index < -0.39 is 59.3 Å². The maximum absolute atomic E-state index is 13.0. The van der Waals surface area contributed by atoms with Crippen LogP contribution in [0.25, 0.3) is 0 Å². The number of amides is 4. The first-order valence-corrected chi connectivity index (χ1v) is 18.0. The Kier molecular flexibility index (Phi) is 9.44. The van der Waals surface area contributed by atoms with Crippen molar-refractivity contribution in [3.8, 4) is 11.5 Å². The second-order valence-electron chi connectivity index (χ2n) is 11.4. The van der Waals surface area contributed by atoms with Crippen molar-refractivity contribution in [1.82, 2.24) is 0 Å². The first-order valence-electron chi connectivity index (χ1n) is 15.1. The Hall–Kier alpha value is -6.27. The monoisotopic (exact) mass is 742 g/mol. The summed E-state index contributed by atoms with van der Waals surface area (Å²) in [6.45, 7) is 0. The van der Waals surface area contributed by atoms with Crippen molar-refractivity contribution in [1.29, 1.82) is 0 Å². The Morgan fingerprint density at radius 1 is 0.558 bits per heavy atom. The number of carbonyl (C=O) groups is 3. The van der Waals surface area contributed by atoms with Gasteiger partial charge in [0.1, 0.15) is 21.3 Å². The van der Waals surface area contributed by atoms with Gasteiger partial charge in [-0.3, -0.25) is 18.7 Å². The molecule has 6 rings (SSSR count). The number of rotatable bonds is 6. The van der Waals surface area contributed by atoms with E-state index in [4.69, 9.17) is 0 Å². The van der Waals surface area contributed by atoms with Crippen molar-refractivity contribution in [2.24, 2.45) is 9.98 Å². The van der Waals surface area contributed by atoms with E-state index in [2.05, 4.69) is 20.6 Å². The number of carbonyl (C=O) groups excluding carboxylic acids is 3. The molecule has 6 N–H and O–H groups in total. The highest BCUT2D eigenvalue weighted by molar-refractivity contribution is 7.91. The fraction of sp³-hybridized carbons (Fsp3) is 0.0571. The van der Waals surface area contributed by atoms with Crippen LogP contribution in [0.5, 0.6) is 11.5 Å². The minimum Gasteiger partial charge on any atom is -0.507 e. The number of anilines is 2. The molecule has 2 aliphatic carbocycles. The number of nitrogens with one attached hydrogen (secondary N) is 2. The minimum absolute atomic E-state index is 0.00495. The zero-order valence-corrected chi connectivity index (χ0v) is 28.1. The molecule has 0 saturated carbocycles. The molecule has 0 aliphatic heterocycles. The molecule has 4 amide bonds. The summed E-state index contributed by atoms with van der Waals surface area (Å²) < 4.78 is 67.6. The quantitative estimate of drug-likeness (QED) is 0.148. The summed E-state index contributed by atoms with van der Waals surface area (Å²) in [5.74, 6) is -2.41. The van der Waals surface area contributed by atoms with Gasteiger partial charge in [0, 0.05) is 33.6 Å². The summed E-state index contributed by atoms with van der Waals surface area (Å²) in [5, 5.41) is 25.9. The lowest BCUT2D eigenvalue weighted by Gasteiger charge is -2.18. The molecule has 0 spiro atoms. The van der Waals surface area contributed by atoms with Gasteiger partial charge in [-0.25, -0.2) is 14.8 Å². The normalized spacial score (nSPS) is 15.6. The topological polar surface area (TPSA) is 249 Å². The fourth-order valence-electron chi connectivity index (χ4n) is 5.60. The van der Waals surface area contributed by atoms with Crippen molar-refractivity contribution < 1.29 is 50.5 Å². The highest BCUT2D eigenvalue weighted by atomic mass is 32.2. The lowest BCUT2D eigenvalue weighted by molar-refractivity contribution is 0.0994. The molecule has 0 heterocycles. The average Bonchev–Trinajstić information content (AvgIpc) is 3.08. The van der Waals surface area contributed by atoms with Gasteiger partial charge in [-0.1, -0.05) is 36.4 Å². The van der Waals surface area contributed by atoms with Gasteiger partial charge in [0.25, 0.3) is 32.1 Å². The molecule has 0 bridgehead atoms. The molecule has 0 radical (unpaired) electrons. The summed E-state index contributed by atoms with van der Waals surface area (Å²) in [6, 6.07) is 19.1. The number of hydrogen-bond acceptors (Lipinski definition) is 9. The number of benzene rings is 4. The van der Waals surface area contributed by atoms with Gasteiger partial charge < -0.3 is 20.8 Å². The van der Waals surface area contributed by atoms with Crippen LogP contribution in [-0.2, 0) is 33.1 Å². The lowest BCUT2D eigenvalue weighted by Crippen LogP contribution is -2.21. The fourth-order valence-corrected chi connectivity index (χ4v) is 6.97. The van der Waals surface area contributed by atoms with E-state index in [0.29, 0.717) is 11.1 Å². The Morgan fingerprint density at radius 3 is 1.27 bits per heavy atom. The van der Waals surface area contributed by atoms with Gasteiger partial charge in [0.2, 0.25) is 0 Å². The Bertz CT molecular complexity index is 2350. The van der Waals surface area contributed by atoms with Gasteiger partial charge in [0.05, 0.1) is 11.4 Å². The van der Waals surface area contributed by atoms with Crippen molar-refractivity contribution in [2.45, 2.75) is 12.8 Å². The second-order valence-corrected chi connectivity index (χ2v) is 14.2. The van der Waals surface area contributed by atoms with Crippen LogP contribution in [0.1, 0.15) is 43.0 Å². The molecule has 264 valence electrons. The molecule has 52 heavy (non-hydrogen) atoms. The highest BCUT2D eigenvalue weighted by Gasteiger charge is 2.31. The Balaban J connectivity index is 1.14. The number of fused-ring (bicyclic) bond motifs is 2. The predicted octanol–water partition coefficient (Wildman–Crippen LogP) is 4.66. The van der Waals surface area contributed by atoms with Crippen molar-refractivity contribution in [3.05, 3.63) is 140 Å². The molecule has 4 aromatic carbocycles. The van der Waals surface area contributed by atoms with E-state index in [1.165, 1.54) is 72.8 Å². The van der Waals surface area contributed by atoms with E-state index in [0.717, 1.165) is 0 Å². The van der Waals surface area contributed by atoms with Gasteiger partial charge >= 0.3 is 6.03 Å². The van der Waals surface area contributed by atoms with Crippen LogP contribution in [0.3, 0.4) is 0 Å². The molecule has 0 aromatic heterocycles. The van der Waals surface area contributed by atoms with Gasteiger partial charge in [-0.2, -0.15) is 16.8 Å². The summed E-state index contributed by atoms with van der Waals surface area (Å²) in [4.78, 5) is 45.4. The molecular formula is C35H26N4O11S2. The van der Waals surface area contributed by atoms with Crippen LogP contribution < -0.4 is 10.6 Å². The predicted molar refractivity (Wildman–Crippen MR) is 190 cm³/mol. The Labute approximate surface area is 295 Å². The third-order valence-electron chi connectivity index (χ3n) is 7.97. The number of nitrogens with zero attached hydrogens (tertiary/aromatic N) is 2. The SMILES string of the molecule is O=C(Nc1ccc(C(=O)N=C2C(S(=O)(=O)O)=CCc3cccc(O)c32)cc1)Nc1ccc(C(=O)N=C2C(S(=O)(=O)O)=CCc3cccc(O)c32)cc1. The average molecular weight is 743 g/mol. The zero-order valence-electron chi connectivity index (χ0n) is 26.5. The lowest BCUT2D eigenvalue weighted by atomic mass is 9.94. The minimum atomic E-state index is -4.79. The van der Waals surface area contributed by atoms with Crippen LogP contribution in [0, 0.1) is 0 Å². The van der Waals surface area contributed by atoms with Crippen LogP contribution in [-0.4, -0.2) is 65.4 Å². The molecule has 4 aromatic rings. The maximum Gasteiger partial charge on any atom is 0.323 e. The molecular weight excluding hydrogens is 717 g/mol. The van der Waals surface area contributed by atoms with Gasteiger partial charge in [-0.15, -0.1) is 0 Å². The summed E-state index contributed by atoms with van der Waals surface area (Å²) in [5.41, 5.74) is 0.701. The molecule has 0 unspecified atom stereocenters. The van der Waals surface area contributed by atoms with Crippen LogP contribution in [0.2, 0.25) is 0 Å². The van der Waals surface area contributed by atoms with Crippen LogP contribution in [0.15, 0.2) is 117 Å². The van der Waals surface area contributed by atoms with E-state index in [9.17, 15) is 50.5 Å². The standard InChI is InChI=1S/C35H26N4O11S2/c40-25-5-1-3-19-11-17-27(51(45,46)47)31(29(19)25)38-33(42)21-7-13-23(14-8-21)36-35(44)37-24-15-9-22(10-16-24)34(43)39-32-28(52(48,49)50)18-12-20-4-2-6-26(41)30(20)32/h1-10,13-18,40-41H,11-12H2,(H2,36,37,44)(H,45,46,47)(H,48,49,50). The molecule has 15 nitrogen and oxygen atoms in total. The molecule has 0 fully saturated rings. The maximum atomic E-state index is 13.0. The highest BCUT2D eigenvalue weighted by Crippen LogP contribution is 2.33. The number of urea groups is 1. The van der Waals surface area contributed by atoms with Crippen LogP contribution in [0.4, 0.5) is 16.2 Å². The summed E-state index contributed by atoms with van der Waals surface area (Å²) >= 11 is 0. The summed E-state index contributed by atoms with van der Waals surface area (Å²) in [6.07, 6.45) is 2.53.